The van der Waals surface area contributed by atoms with Crippen molar-refractivity contribution < 1.29 is 9.13 Å². The van der Waals surface area contributed by atoms with E-state index in [2.05, 4.69) is 10.3 Å². The molecule has 2 rings (SSSR count). The van der Waals surface area contributed by atoms with Crippen LogP contribution in [-0.4, -0.2) is 19.1 Å². The van der Waals surface area contributed by atoms with Gasteiger partial charge in [0.1, 0.15) is 5.82 Å². The molecule has 1 N–H and O–H groups in total. The van der Waals surface area contributed by atoms with Crippen molar-refractivity contribution in [2.24, 2.45) is 0 Å². The first kappa shape index (κ1) is 12.5. The maximum atomic E-state index is 13.3. The molecular weight excluding hydrogens is 231 g/mol. The van der Waals surface area contributed by atoms with Gasteiger partial charge in [0.25, 0.3) is 0 Å². The van der Waals surface area contributed by atoms with Crippen molar-refractivity contribution in [1.82, 2.24) is 10.3 Å². The molecule has 0 aliphatic heterocycles. The third kappa shape index (κ3) is 2.49. The highest BCUT2D eigenvalue weighted by Gasteiger charge is 2.17. The van der Waals surface area contributed by atoms with E-state index in [4.69, 9.17) is 4.74 Å². The Balaban J connectivity index is 2.45. The predicted octanol–water partition coefficient (Wildman–Crippen LogP) is 2.54. The number of nitrogens with one attached hydrogen (secondary N) is 1. The van der Waals surface area contributed by atoms with Crippen LogP contribution in [0.4, 0.5) is 4.39 Å². The van der Waals surface area contributed by atoms with Crippen LogP contribution in [0.25, 0.3) is 0 Å². The summed E-state index contributed by atoms with van der Waals surface area (Å²) in [5.74, 6) is 0.289. The first-order valence-corrected chi connectivity index (χ1v) is 5.68. The van der Waals surface area contributed by atoms with Gasteiger partial charge in [-0.3, -0.25) is 0 Å². The Bertz CT molecular complexity index is 531. The van der Waals surface area contributed by atoms with Crippen LogP contribution in [0.5, 0.6) is 5.88 Å². The summed E-state index contributed by atoms with van der Waals surface area (Å²) in [6.07, 6.45) is 1.67. The Morgan fingerprint density at radius 1 is 1.28 bits per heavy atom. The second-order valence-corrected chi connectivity index (χ2v) is 3.88. The van der Waals surface area contributed by atoms with Crippen LogP contribution in [0.15, 0.2) is 42.6 Å². The topological polar surface area (TPSA) is 34.2 Å². The molecule has 0 saturated carbocycles. The Labute approximate surface area is 106 Å². The van der Waals surface area contributed by atoms with E-state index in [9.17, 15) is 4.39 Å². The molecule has 1 aromatic carbocycles. The molecule has 0 bridgehead atoms. The molecule has 94 valence electrons. The van der Waals surface area contributed by atoms with Gasteiger partial charge in [-0.1, -0.05) is 18.2 Å². The van der Waals surface area contributed by atoms with Crippen molar-refractivity contribution in [2.45, 2.75) is 6.04 Å². The minimum Gasteiger partial charge on any atom is -0.481 e. The monoisotopic (exact) mass is 246 g/mol. The summed E-state index contributed by atoms with van der Waals surface area (Å²) in [6.45, 7) is 0. The lowest BCUT2D eigenvalue weighted by Crippen LogP contribution is -2.18. The van der Waals surface area contributed by atoms with E-state index < -0.39 is 0 Å². The molecule has 0 aliphatic rings. The second kappa shape index (κ2) is 5.60. The molecule has 1 atom stereocenters. The van der Waals surface area contributed by atoms with Crippen molar-refractivity contribution in [3.05, 3.63) is 59.5 Å². The number of halogens is 1. The Hall–Kier alpha value is -1.94. The van der Waals surface area contributed by atoms with Crippen molar-refractivity contribution in [3.8, 4) is 5.88 Å². The Morgan fingerprint density at radius 3 is 2.78 bits per heavy atom. The lowest BCUT2D eigenvalue weighted by atomic mass is 10.00. The summed E-state index contributed by atoms with van der Waals surface area (Å²) in [5.41, 5.74) is 1.72. The molecule has 0 radical (unpaired) electrons. The van der Waals surface area contributed by atoms with Gasteiger partial charge < -0.3 is 10.1 Å². The van der Waals surface area contributed by atoms with E-state index in [0.717, 1.165) is 11.1 Å². The quantitative estimate of drug-likeness (QED) is 0.900. The number of ether oxygens (including phenoxy) is 1. The molecule has 0 spiro atoms. The van der Waals surface area contributed by atoms with Crippen LogP contribution >= 0.6 is 0 Å². The molecule has 3 nitrogen and oxygen atoms in total. The number of hydrogen-bond donors (Lipinski definition) is 1. The second-order valence-electron chi connectivity index (χ2n) is 3.88. The van der Waals surface area contributed by atoms with Crippen LogP contribution in [0.3, 0.4) is 0 Å². The zero-order valence-corrected chi connectivity index (χ0v) is 10.4. The third-order valence-electron chi connectivity index (χ3n) is 2.78. The van der Waals surface area contributed by atoms with E-state index >= 15 is 0 Å². The lowest BCUT2D eigenvalue weighted by molar-refractivity contribution is 0.388. The Morgan fingerprint density at radius 2 is 2.11 bits per heavy atom. The van der Waals surface area contributed by atoms with Gasteiger partial charge in [0.2, 0.25) is 5.88 Å². The van der Waals surface area contributed by atoms with Crippen molar-refractivity contribution >= 4 is 0 Å². The molecule has 0 fully saturated rings. The average molecular weight is 246 g/mol. The van der Waals surface area contributed by atoms with Crippen LogP contribution in [0.2, 0.25) is 0 Å². The lowest BCUT2D eigenvalue weighted by Gasteiger charge is -2.18. The van der Waals surface area contributed by atoms with E-state index in [1.165, 1.54) is 12.1 Å². The first-order valence-electron chi connectivity index (χ1n) is 5.68. The SMILES string of the molecule is CNC(c1cccc(F)c1)c1cccnc1OC. The van der Waals surface area contributed by atoms with Crippen LogP contribution in [-0.2, 0) is 0 Å². The van der Waals surface area contributed by atoms with Crippen LogP contribution < -0.4 is 10.1 Å². The number of methoxy groups -OCH3 is 1. The summed E-state index contributed by atoms with van der Waals surface area (Å²) in [5, 5.41) is 3.15. The van der Waals surface area contributed by atoms with E-state index in [0.29, 0.717) is 5.88 Å². The standard InChI is InChI=1S/C14H15FN2O/c1-16-13(10-5-3-6-11(15)9-10)12-7-4-8-17-14(12)18-2/h3-9,13,16H,1-2H3. The fraction of sp³-hybridized carbons (Fsp3) is 0.214. The van der Waals surface area contributed by atoms with Crippen LogP contribution in [0, 0.1) is 5.82 Å². The largest absolute Gasteiger partial charge is 0.481 e. The molecule has 0 amide bonds. The molecular formula is C14H15FN2O. The molecule has 4 heteroatoms. The summed E-state index contributed by atoms with van der Waals surface area (Å²) < 4.78 is 18.5. The van der Waals surface area contributed by atoms with Crippen molar-refractivity contribution in [2.75, 3.05) is 14.2 Å². The number of aromatic nitrogens is 1. The van der Waals surface area contributed by atoms with Crippen LogP contribution in [0.1, 0.15) is 17.2 Å². The van der Waals surface area contributed by atoms with Gasteiger partial charge in [0, 0.05) is 11.8 Å². The highest BCUT2D eigenvalue weighted by atomic mass is 19.1. The number of pyridine rings is 1. The molecule has 0 aliphatic carbocycles. The number of benzene rings is 1. The van der Waals surface area contributed by atoms with Gasteiger partial charge in [0.15, 0.2) is 0 Å². The van der Waals surface area contributed by atoms with Gasteiger partial charge in [0.05, 0.1) is 13.2 Å². The summed E-state index contributed by atoms with van der Waals surface area (Å²) >= 11 is 0. The van der Waals surface area contributed by atoms with Gasteiger partial charge in [-0.25, -0.2) is 9.37 Å². The first-order chi connectivity index (χ1) is 8.76. The zero-order valence-electron chi connectivity index (χ0n) is 10.4. The van der Waals surface area contributed by atoms with Crippen molar-refractivity contribution in [3.63, 3.8) is 0 Å². The zero-order chi connectivity index (χ0) is 13.0. The summed E-state index contributed by atoms with van der Waals surface area (Å²) in [6, 6.07) is 10.1. The summed E-state index contributed by atoms with van der Waals surface area (Å²) in [7, 11) is 3.39. The van der Waals surface area contributed by atoms with Gasteiger partial charge in [-0.2, -0.15) is 0 Å². The van der Waals surface area contributed by atoms with E-state index in [1.54, 1.807) is 19.4 Å². The molecule has 0 saturated heterocycles. The number of hydrogen-bond acceptors (Lipinski definition) is 3. The fourth-order valence-corrected chi connectivity index (χ4v) is 1.98. The van der Waals surface area contributed by atoms with Gasteiger partial charge in [-0.05, 0) is 30.8 Å². The minimum absolute atomic E-state index is 0.149. The smallest absolute Gasteiger partial charge is 0.218 e. The maximum absolute atomic E-state index is 13.3. The molecule has 1 heterocycles. The van der Waals surface area contributed by atoms with Gasteiger partial charge in [-0.15, -0.1) is 0 Å². The highest BCUT2D eigenvalue weighted by molar-refractivity contribution is 5.37. The van der Waals surface area contributed by atoms with E-state index in [-0.39, 0.29) is 11.9 Å². The molecule has 2 aromatic rings. The van der Waals surface area contributed by atoms with E-state index in [1.807, 2.05) is 25.2 Å². The number of rotatable bonds is 4. The molecule has 1 unspecified atom stereocenters. The fourth-order valence-electron chi connectivity index (χ4n) is 1.98. The molecule has 1 aromatic heterocycles. The van der Waals surface area contributed by atoms with Crippen molar-refractivity contribution in [1.29, 1.82) is 0 Å². The average Bonchev–Trinajstić information content (AvgIpc) is 2.40. The Kier molecular flexibility index (Phi) is 3.89. The molecule has 18 heavy (non-hydrogen) atoms. The summed E-state index contributed by atoms with van der Waals surface area (Å²) in [4.78, 5) is 4.16. The normalized spacial score (nSPS) is 12.2. The maximum Gasteiger partial charge on any atom is 0.218 e. The highest BCUT2D eigenvalue weighted by Crippen LogP contribution is 2.28. The minimum atomic E-state index is -0.254. The number of nitrogens with zero attached hydrogens (tertiary/aromatic N) is 1. The third-order valence-corrected chi connectivity index (χ3v) is 2.78. The predicted molar refractivity (Wildman–Crippen MR) is 68.1 cm³/mol. The van der Waals surface area contributed by atoms with Gasteiger partial charge >= 0.3 is 0 Å².